The third-order valence-corrected chi connectivity index (χ3v) is 4.91. The topological polar surface area (TPSA) is 58.2 Å². The second-order valence-electron chi connectivity index (χ2n) is 5.32. The zero-order valence-electron chi connectivity index (χ0n) is 10.5. The highest BCUT2D eigenvalue weighted by Crippen LogP contribution is 2.24. The van der Waals surface area contributed by atoms with Crippen LogP contribution in [0, 0.1) is 5.82 Å². The maximum atomic E-state index is 13.9. The molecule has 0 bridgehead atoms. The van der Waals surface area contributed by atoms with Crippen LogP contribution in [0.2, 0.25) is 0 Å². The summed E-state index contributed by atoms with van der Waals surface area (Å²) in [6, 6.07) is 4.85. The molecule has 2 aliphatic carbocycles. The van der Waals surface area contributed by atoms with Crippen LogP contribution in [0.1, 0.15) is 31.2 Å². The average molecular weight is 284 g/mol. The third-order valence-electron chi connectivity index (χ3n) is 3.36. The molecular weight excluding hydrogens is 267 g/mol. The van der Waals surface area contributed by atoms with Gasteiger partial charge in [0.1, 0.15) is 10.7 Å². The van der Waals surface area contributed by atoms with E-state index in [-0.39, 0.29) is 10.9 Å². The molecule has 0 atom stereocenters. The van der Waals surface area contributed by atoms with E-state index in [9.17, 15) is 12.8 Å². The van der Waals surface area contributed by atoms with Gasteiger partial charge in [-0.15, -0.1) is 0 Å². The Bertz CT molecular complexity index is 580. The molecule has 0 spiro atoms. The summed E-state index contributed by atoms with van der Waals surface area (Å²) in [5.74, 6) is -0.678. The third kappa shape index (κ3) is 3.32. The summed E-state index contributed by atoms with van der Waals surface area (Å²) >= 11 is 0. The largest absolute Gasteiger partial charge is 0.310 e. The van der Waals surface area contributed by atoms with Gasteiger partial charge >= 0.3 is 0 Å². The lowest BCUT2D eigenvalue weighted by Gasteiger charge is -2.09. The lowest BCUT2D eigenvalue weighted by molar-refractivity contribution is 0.554. The minimum Gasteiger partial charge on any atom is -0.310 e. The Labute approximate surface area is 112 Å². The van der Waals surface area contributed by atoms with Gasteiger partial charge in [-0.25, -0.2) is 17.5 Å². The van der Waals surface area contributed by atoms with E-state index in [1.807, 2.05) is 0 Å². The van der Waals surface area contributed by atoms with Crippen LogP contribution in [0.4, 0.5) is 4.39 Å². The van der Waals surface area contributed by atoms with Crippen LogP contribution in [0.25, 0.3) is 0 Å². The first-order chi connectivity index (χ1) is 9.04. The van der Waals surface area contributed by atoms with Gasteiger partial charge in [-0.05, 0) is 43.4 Å². The molecule has 0 aromatic heterocycles. The second-order valence-corrected chi connectivity index (χ2v) is 7.00. The molecule has 1 aromatic rings. The number of sulfonamides is 1. The number of nitrogens with one attached hydrogen (secondary N) is 2. The van der Waals surface area contributed by atoms with E-state index in [2.05, 4.69) is 10.0 Å². The smallest absolute Gasteiger partial charge is 0.243 e. The summed E-state index contributed by atoms with van der Waals surface area (Å²) in [6.45, 7) is 0.581. The van der Waals surface area contributed by atoms with Crippen molar-refractivity contribution < 1.29 is 12.8 Å². The van der Waals surface area contributed by atoms with Crippen molar-refractivity contribution in [3.63, 3.8) is 0 Å². The van der Waals surface area contributed by atoms with E-state index < -0.39 is 15.8 Å². The summed E-state index contributed by atoms with van der Waals surface area (Å²) in [5.41, 5.74) is 0.773. The highest BCUT2D eigenvalue weighted by molar-refractivity contribution is 7.89. The van der Waals surface area contributed by atoms with Gasteiger partial charge in [0.2, 0.25) is 10.0 Å². The molecule has 0 heterocycles. The Balaban J connectivity index is 1.73. The van der Waals surface area contributed by atoms with Crippen LogP contribution in [-0.4, -0.2) is 20.5 Å². The van der Waals surface area contributed by atoms with E-state index >= 15 is 0 Å². The first-order valence-corrected chi connectivity index (χ1v) is 8.07. The van der Waals surface area contributed by atoms with Crippen molar-refractivity contribution in [1.82, 2.24) is 10.0 Å². The molecule has 2 aliphatic rings. The Hall–Kier alpha value is -0.980. The first-order valence-electron chi connectivity index (χ1n) is 6.59. The highest BCUT2D eigenvalue weighted by atomic mass is 32.2. The maximum absolute atomic E-state index is 13.9. The number of hydrogen-bond acceptors (Lipinski definition) is 3. The molecule has 3 rings (SSSR count). The average Bonchev–Trinajstić information content (AvgIpc) is 3.20. The Kier molecular flexibility index (Phi) is 3.32. The quantitative estimate of drug-likeness (QED) is 0.832. The van der Waals surface area contributed by atoms with Gasteiger partial charge in [0, 0.05) is 18.6 Å². The van der Waals surface area contributed by atoms with Crippen LogP contribution < -0.4 is 10.0 Å². The summed E-state index contributed by atoms with van der Waals surface area (Å²) in [4.78, 5) is -0.255. The monoisotopic (exact) mass is 284 g/mol. The van der Waals surface area contributed by atoms with E-state index in [0.29, 0.717) is 12.6 Å². The number of hydrogen-bond donors (Lipinski definition) is 2. The normalized spacial score (nSPS) is 19.6. The van der Waals surface area contributed by atoms with Crippen LogP contribution in [-0.2, 0) is 16.6 Å². The number of halogens is 1. The van der Waals surface area contributed by atoms with Gasteiger partial charge in [0.05, 0.1) is 0 Å². The van der Waals surface area contributed by atoms with Gasteiger partial charge in [-0.3, -0.25) is 0 Å². The molecule has 19 heavy (non-hydrogen) atoms. The molecule has 0 saturated heterocycles. The van der Waals surface area contributed by atoms with Gasteiger partial charge in [0.15, 0.2) is 0 Å². The molecule has 2 N–H and O–H groups in total. The molecular formula is C13H17FN2O2S. The zero-order valence-corrected chi connectivity index (χ0v) is 11.3. The molecule has 0 aliphatic heterocycles. The summed E-state index contributed by atoms with van der Waals surface area (Å²) < 4.78 is 40.2. The van der Waals surface area contributed by atoms with Gasteiger partial charge in [-0.2, -0.15) is 0 Å². The van der Waals surface area contributed by atoms with Crippen molar-refractivity contribution in [1.29, 1.82) is 0 Å². The molecule has 0 unspecified atom stereocenters. The number of benzene rings is 1. The Morgan fingerprint density at radius 1 is 1.16 bits per heavy atom. The molecule has 4 nitrogen and oxygen atoms in total. The maximum Gasteiger partial charge on any atom is 0.243 e. The van der Waals surface area contributed by atoms with Crippen molar-refractivity contribution >= 4 is 10.0 Å². The van der Waals surface area contributed by atoms with Crippen LogP contribution in [0.3, 0.4) is 0 Å². The van der Waals surface area contributed by atoms with Crippen molar-refractivity contribution in [3.05, 3.63) is 29.6 Å². The molecule has 0 radical (unpaired) electrons. The summed E-state index contributed by atoms with van der Waals surface area (Å²) in [5, 5.41) is 3.27. The molecule has 2 fully saturated rings. The molecule has 1 aromatic carbocycles. The highest BCUT2D eigenvalue weighted by Gasteiger charge is 2.29. The molecule has 104 valence electrons. The van der Waals surface area contributed by atoms with Crippen LogP contribution in [0.15, 0.2) is 23.1 Å². The van der Waals surface area contributed by atoms with Crippen molar-refractivity contribution in [2.24, 2.45) is 0 Å². The minimum absolute atomic E-state index is 0.0133. The number of rotatable bonds is 6. The van der Waals surface area contributed by atoms with Crippen molar-refractivity contribution in [2.45, 2.75) is 49.2 Å². The van der Waals surface area contributed by atoms with Gasteiger partial charge < -0.3 is 5.32 Å². The molecule has 2 saturated carbocycles. The summed E-state index contributed by atoms with van der Waals surface area (Å²) in [6.07, 6.45) is 4.01. The SMILES string of the molecule is O=S(=O)(NC1CC1)c1ccc(CNC2CC2)cc1F. The lowest BCUT2D eigenvalue weighted by atomic mass is 10.2. The minimum atomic E-state index is -3.71. The van der Waals surface area contributed by atoms with E-state index in [4.69, 9.17) is 0 Å². The standard InChI is InChI=1S/C13H17FN2O2S/c14-12-7-9(8-15-10-2-3-10)1-6-13(12)19(17,18)16-11-4-5-11/h1,6-7,10-11,15-16H,2-5,8H2. The Morgan fingerprint density at radius 3 is 2.42 bits per heavy atom. The Morgan fingerprint density at radius 2 is 1.84 bits per heavy atom. The van der Waals surface area contributed by atoms with Crippen molar-refractivity contribution in [3.8, 4) is 0 Å². The fraction of sp³-hybridized carbons (Fsp3) is 0.538. The predicted octanol–water partition coefficient (Wildman–Crippen LogP) is 1.52. The van der Waals surface area contributed by atoms with Crippen LogP contribution in [0.5, 0.6) is 0 Å². The van der Waals surface area contributed by atoms with E-state index in [0.717, 1.165) is 18.4 Å². The fourth-order valence-corrected chi connectivity index (χ4v) is 3.27. The van der Waals surface area contributed by atoms with Gasteiger partial charge in [-0.1, -0.05) is 6.07 Å². The molecule has 6 heteroatoms. The fourth-order valence-electron chi connectivity index (χ4n) is 1.91. The molecule has 0 amide bonds. The van der Waals surface area contributed by atoms with Gasteiger partial charge in [0.25, 0.3) is 0 Å². The van der Waals surface area contributed by atoms with Crippen LogP contribution >= 0.6 is 0 Å². The van der Waals surface area contributed by atoms with Crippen molar-refractivity contribution in [2.75, 3.05) is 0 Å². The zero-order chi connectivity index (χ0) is 13.5. The first kappa shape index (κ1) is 13.0. The lowest BCUT2D eigenvalue weighted by Crippen LogP contribution is -2.26. The predicted molar refractivity (Wildman–Crippen MR) is 69.6 cm³/mol. The van der Waals surface area contributed by atoms with E-state index in [1.165, 1.54) is 25.0 Å². The second kappa shape index (κ2) is 4.85. The summed E-state index contributed by atoms with van der Waals surface area (Å²) in [7, 11) is -3.71. The van der Waals surface area contributed by atoms with E-state index in [1.54, 1.807) is 6.07 Å².